The highest BCUT2D eigenvalue weighted by molar-refractivity contribution is 14.1. The Morgan fingerprint density at radius 2 is 1.85 bits per heavy atom. The maximum Gasteiger partial charge on any atom is 0.205 e. The molecule has 0 atom stereocenters. The van der Waals surface area contributed by atoms with E-state index in [1.807, 2.05) is 58.8 Å². The number of rotatable bonds is 6. The molecule has 0 spiro atoms. The Kier molecular flexibility index (Phi) is 6.23. The highest BCUT2D eigenvalue weighted by atomic mass is 127. The van der Waals surface area contributed by atoms with Gasteiger partial charge in [0.15, 0.2) is 0 Å². The summed E-state index contributed by atoms with van der Waals surface area (Å²) in [5.74, 6) is 0.568. The number of aliphatic hydroxyl groups is 1. The maximum atomic E-state index is 9.45. The minimum atomic E-state index is -0.0889. The quantitative estimate of drug-likeness (QED) is 0.524. The molecule has 6 nitrogen and oxygen atoms in total. The molecule has 0 radical (unpaired) electrons. The molecule has 3 rings (SSSR count). The third-order valence-electron chi connectivity index (χ3n) is 4.03. The minimum absolute atomic E-state index is 0.0889. The predicted octanol–water partition coefficient (Wildman–Crippen LogP) is 3.80. The van der Waals surface area contributed by atoms with Crippen molar-refractivity contribution in [2.24, 2.45) is 0 Å². The van der Waals surface area contributed by atoms with Crippen LogP contribution in [0.4, 0.5) is 0 Å². The van der Waals surface area contributed by atoms with Gasteiger partial charge in [-0.25, -0.2) is 0 Å². The van der Waals surface area contributed by atoms with E-state index in [2.05, 4.69) is 44.9 Å². The van der Waals surface area contributed by atoms with E-state index in [9.17, 15) is 5.11 Å². The number of nitrogens with one attached hydrogen (secondary N) is 1. The Morgan fingerprint density at radius 1 is 1.15 bits per heavy atom. The summed E-state index contributed by atoms with van der Waals surface area (Å²) in [5.41, 5.74) is 4.86. The summed E-state index contributed by atoms with van der Waals surface area (Å²) in [6.45, 7) is 0.566. The van der Waals surface area contributed by atoms with Gasteiger partial charge in [-0.1, -0.05) is 60.1 Å². The molecule has 0 bridgehead atoms. The van der Waals surface area contributed by atoms with Crippen molar-refractivity contribution in [2.75, 3.05) is 13.7 Å². The first-order chi connectivity index (χ1) is 12.6. The van der Waals surface area contributed by atoms with Gasteiger partial charge in [0.2, 0.25) is 5.82 Å². The van der Waals surface area contributed by atoms with Gasteiger partial charge >= 0.3 is 0 Å². The van der Waals surface area contributed by atoms with E-state index in [0.717, 1.165) is 22.3 Å². The van der Waals surface area contributed by atoms with E-state index in [0.29, 0.717) is 21.1 Å². The van der Waals surface area contributed by atoms with Crippen molar-refractivity contribution < 1.29 is 5.11 Å². The second-order valence-electron chi connectivity index (χ2n) is 5.70. The number of hydrogen-bond donors (Lipinski definition) is 2. The number of likely N-dealkylation sites (N-methyl/N-ethyl adjacent to an activating group) is 1. The Labute approximate surface area is 170 Å². The lowest BCUT2D eigenvalue weighted by Crippen LogP contribution is -2.20. The van der Waals surface area contributed by atoms with Crippen LogP contribution < -0.4 is 0 Å². The van der Waals surface area contributed by atoms with E-state index < -0.39 is 0 Å². The van der Waals surface area contributed by atoms with Crippen LogP contribution in [0.1, 0.15) is 5.56 Å². The number of tetrazole rings is 1. The van der Waals surface area contributed by atoms with Crippen LogP contribution >= 0.6 is 34.2 Å². The van der Waals surface area contributed by atoms with E-state index in [-0.39, 0.29) is 6.61 Å². The fourth-order valence-electron chi connectivity index (χ4n) is 2.69. The van der Waals surface area contributed by atoms with Gasteiger partial charge in [-0.15, -0.1) is 10.2 Å². The van der Waals surface area contributed by atoms with Crippen LogP contribution in [0.5, 0.6) is 0 Å². The normalized spacial score (nSPS) is 12.0. The van der Waals surface area contributed by atoms with E-state index >= 15 is 0 Å². The Bertz CT molecular complexity index is 892. The summed E-state index contributed by atoms with van der Waals surface area (Å²) >= 11 is 8.03. The number of aromatic nitrogens is 4. The van der Waals surface area contributed by atoms with E-state index in [4.69, 9.17) is 11.6 Å². The molecule has 26 heavy (non-hydrogen) atoms. The number of benzene rings is 2. The molecular weight excluding hydrogens is 465 g/mol. The average Bonchev–Trinajstić information content (AvgIpc) is 3.17. The first-order valence-electron chi connectivity index (χ1n) is 7.88. The second-order valence-corrected chi connectivity index (χ2v) is 7.79. The van der Waals surface area contributed by atoms with Crippen molar-refractivity contribution >= 4 is 34.2 Å². The lowest BCUT2D eigenvalue weighted by Gasteiger charge is -2.21. The molecule has 2 N–H and O–H groups in total. The monoisotopic (exact) mass is 481 g/mol. The van der Waals surface area contributed by atoms with Gasteiger partial charge in [0.05, 0.1) is 12.3 Å². The van der Waals surface area contributed by atoms with Crippen LogP contribution in [0.15, 0.2) is 57.3 Å². The Hall–Kier alpha value is -1.97. The van der Waals surface area contributed by atoms with Crippen LogP contribution in [0.2, 0.25) is 0 Å². The molecule has 0 unspecified atom stereocenters. The van der Waals surface area contributed by atoms with Gasteiger partial charge in [-0.05, 0) is 44.5 Å². The highest BCUT2D eigenvalue weighted by Crippen LogP contribution is 2.30. The molecule has 0 amide bonds. The fourth-order valence-corrected chi connectivity index (χ4v) is 3.48. The molecule has 0 saturated heterocycles. The van der Waals surface area contributed by atoms with Crippen LogP contribution in [0.3, 0.4) is 0 Å². The zero-order valence-corrected chi connectivity index (χ0v) is 16.9. The molecule has 8 heteroatoms. The van der Waals surface area contributed by atoms with Gasteiger partial charge < -0.3 is 10.0 Å². The lowest BCUT2D eigenvalue weighted by molar-refractivity contribution is 0.271. The predicted molar refractivity (Wildman–Crippen MR) is 111 cm³/mol. The standard InChI is InChI=1S/C18H17ClIN5O/c1-25(16(11-26)17(19)20)10-12-6-8-13(9-7-12)14-4-2-3-5-15(14)18-21-23-24-22-18/h2-9,26H,10-11H2,1H3,(H,21,22,23,24)/b17-16-. The van der Waals surface area contributed by atoms with Gasteiger partial charge in [0.25, 0.3) is 0 Å². The topological polar surface area (TPSA) is 77.9 Å². The molecule has 1 heterocycles. The molecule has 134 valence electrons. The molecule has 0 fully saturated rings. The average molecular weight is 482 g/mol. The molecule has 0 aliphatic heterocycles. The second kappa shape index (κ2) is 8.61. The van der Waals surface area contributed by atoms with Crippen LogP contribution in [-0.4, -0.2) is 44.3 Å². The fraction of sp³-hybridized carbons (Fsp3) is 0.167. The molecule has 0 aliphatic rings. The van der Waals surface area contributed by atoms with Crippen LogP contribution in [0.25, 0.3) is 22.5 Å². The maximum absolute atomic E-state index is 9.45. The summed E-state index contributed by atoms with van der Waals surface area (Å²) in [5, 5.41) is 23.7. The van der Waals surface area contributed by atoms with Gasteiger partial charge in [0.1, 0.15) is 3.04 Å². The summed E-state index contributed by atoms with van der Waals surface area (Å²) in [7, 11) is 1.91. The number of aliphatic hydroxyl groups excluding tert-OH is 1. The van der Waals surface area contributed by atoms with E-state index in [1.165, 1.54) is 0 Å². The van der Waals surface area contributed by atoms with Crippen LogP contribution in [0, 0.1) is 0 Å². The van der Waals surface area contributed by atoms with Crippen molar-refractivity contribution in [3.05, 3.63) is 62.8 Å². The number of hydrogen-bond acceptors (Lipinski definition) is 5. The molecular formula is C18H17ClIN5O. The first-order valence-corrected chi connectivity index (χ1v) is 9.34. The van der Waals surface area contributed by atoms with E-state index in [1.54, 1.807) is 0 Å². The Morgan fingerprint density at radius 3 is 2.42 bits per heavy atom. The third-order valence-corrected chi connectivity index (χ3v) is 4.87. The van der Waals surface area contributed by atoms with Crippen molar-refractivity contribution in [3.63, 3.8) is 0 Å². The summed E-state index contributed by atoms with van der Waals surface area (Å²) in [6.07, 6.45) is 0. The number of aromatic amines is 1. The number of halogens is 2. The largest absolute Gasteiger partial charge is 0.390 e. The zero-order chi connectivity index (χ0) is 18.5. The lowest BCUT2D eigenvalue weighted by atomic mass is 9.98. The van der Waals surface area contributed by atoms with Crippen molar-refractivity contribution in [2.45, 2.75) is 6.54 Å². The molecule has 2 aromatic carbocycles. The SMILES string of the molecule is CN(Cc1ccc(-c2ccccc2-c2nn[nH]n2)cc1)/C(CO)=C(/Cl)I. The molecule has 0 saturated carbocycles. The van der Waals surface area contributed by atoms with Gasteiger partial charge in [-0.3, -0.25) is 0 Å². The highest BCUT2D eigenvalue weighted by Gasteiger charge is 2.12. The summed E-state index contributed by atoms with van der Waals surface area (Å²) in [6, 6.07) is 16.2. The van der Waals surface area contributed by atoms with Gasteiger partial charge in [-0.2, -0.15) is 5.21 Å². The van der Waals surface area contributed by atoms with Crippen molar-refractivity contribution in [1.82, 2.24) is 25.5 Å². The Balaban J connectivity index is 1.84. The summed E-state index contributed by atoms with van der Waals surface area (Å²) < 4.78 is 0.568. The smallest absolute Gasteiger partial charge is 0.205 e. The number of nitrogens with zero attached hydrogens (tertiary/aromatic N) is 4. The number of H-pyrrole nitrogens is 1. The summed E-state index contributed by atoms with van der Waals surface area (Å²) in [4.78, 5) is 1.94. The zero-order valence-electron chi connectivity index (χ0n) is 14.0. The molecule has 1 aromatic heterocycles. The molecule has 0 aliphatic carbocycles. The molecule has 3 aromatic rings. The van der Waals surface area contributed by atoms with Crippen molar-refractivity contribution in [3.8, 4) is 22.5 Å². The van der Waals surface area contributed by atoms with Gasteiger partial charge in [0, 0.05) is 19.2 Å². The third kappa shape index (κ3) is 4.22. The first kappa shape index (κ1) is 18.8. The van der Waals surface area contributed by atoms with Crippen LogP contribution in [-0.2, 0) is 6.54 Å². The minimum Gasteiger partial charge on any atom is -0.390 e. The van der Waals surface area contributed by atoms with Crippen molar-refractivity contribution in [1.29, 1.82) is 0 Å².